The second-order valence-electron chi connectivity index (χ2n) is 4.87. The van der Waals surface area contributed by atoms with E-state index in [1.807, 2.05) is 32.9 Å². The van der Waals surface area contributed by atoms with Gasteiger partial charge < -0.3 is 9.47 Å². The molecule has 0 fully saturated rings. The number of hydrogen-bond acceptors (Lipinski definition) is 4. The molecule has 0 aromatic carbocycles. The molecule has 0 aromatic rings. The van der Waals surface area contributed by atoms with E-state index in [1.54, 1.807) is 13.8 Å². The monoisotopic (exact) mass is 270 g/mol. The van der Waals surface area contributed by atoms with Crippen LogP contribution in [0.2, 0.25) is 0 Å². The van der Waals surface area contributed by atoms with Gasteiger partial charge in [0.2, 0.25) is 6.10 Å². The number of ether oxygens (including phenoxy) is 2. The molecule has 0 spiro atoms. The largest absolute Gasteiger partial charge is 0.463 e. The number of rotatable bonds is 8. The Bertz CT molecular complexity index is 307. The van der Waals surface area contributed by atoms with E-state index in [2.05, 4.69) is 0 Å². The average Bonchev–Trinajstić information content (AvgIpc) is 2.35. The smallest absolute Gasteiger partial charge is 0.347 e. The molecule has 0 radical (unpaired) electrons. The number of carbonyl (C=O) groups excluding carboxylic acids is 2. The number of hydrogen-bond donors (Lipinski definition) is 0. The van der Waals surface area contributed by atoms with Gasteiger partial charge in [-0.25, -0.2) is 4.79 Å². The lowest BCUT2D eigenvalue weighted by atomic mass is 10.1. The van der Waals surface area contributed by atoms with E-state index in [4.69, 9.17) is 9.47 Å². The molecule has 4 nitrogen and oxygen atoms in total. The Hall–Kier alpha value is -1.32. The zero-order chi connectivity index (χ0) is 14.8. The van der Waals surface area contributed by atoms with Gasteiger partial charge in [-0.2, -0.15) is 0 Å². The van der Waals surface area contributed by atoms with Crippen molar-refractivity contribution in [2.45, 2.75) is 53.6 Å². The fourth-order valence-electron chi connectivity index (χ4n) is 1.49. The minimum absolute atomic E-state index is 0.0959. The highest BCUT2D eigenvalue weighted by atomic mass is 16.6. The molecule has 0 aliphatic heterocycles. The predicted molar refractivity (Wildman–Crippen MR) is 74.6 cm³/mol. The van der Waals surface area contributed by atoms with Crippen molar-refractivity contribution in [3.63, 3.8) is 0 Å². The Kier molecular flexibility index (Phi) is 8.92. The summed E-state index contributed by atoms with van der Waals surface area (Å²) < 4.78 is 10.2. The van der Waals surface area contributed by atoms with E-state index >= 15 is 0 Å². The molecular weight excluding hydrogens is 244 g/mol. The van der Waals surface area contributed by atoms with Crippen LogP contribution in [-0.4, -0.2) is 24.6 Å². The molecular formula is C15H26O4. The molecule has 2 unspecified atom stereocenters. The van der Waals surface area contributed by atoms with Crippen LogP contribution in [0.4, 0.5) is 0 Å². The first-order valence-corrected chi connectivity index (χ1v) is 6.96. The number of allylic oxidation sites excluding steroid dienone is 2. The quantitative estimate of drug-likeness (QED) is 0.502. The first-order chi connectivity index (χ1) is 8.93. The number of esters is 2. The summed E-state index contributed by atoms with van der Waals surface area (Å²) in [6.45, 7) is 9.51. The molecule has 0 rings (SSSR count). The second kappa shape index (κ2) is 9.59. The summed E-state index contributed by atoms with van der Waals surface area (Å²) in [5.74, 6) is -1.17. The van der Waals surface area contributed by atoms with Crippen LogP contribution in [0.3, 0.4) is 0 Å². The standard InChI is InChI=1S/C15H26O4/c1-6-8-9-10-12(5)14(16)19-13(11(3)4)15(17)18-7-2/h8-9,11-13H,6-7,10H2,1-5H3/b9-8-. The van der Waals surface area contributed by atoms with E-state index < -0.39 is 12.1 Å². The zero-order valence-corrected chi connectivity index (χ0v) is 12.6. The average molecular weight is 270 g/mol. The van der Waals surface area contributed by atoms with Gasteiger partial charge in [0.25, 0.3) is 0 Å². The molecule has 2 atom stereocenters. The molecule has 4 heteroatoms. The van der Waals surface area contributed by atoms with Crippen molar-refractivity contribution in [2.75, 3.05) is 6.61 Å². The van der Waals surface area contributed by atoms with Crippen molar-refractivity contribution in [1.82, 2.24) is 0 Å². The van der Waals surface area contributed by atoms with Gasteiger partial charge in [-0.3, -0.25) is 4.79 Å². The van der Waals surface area contributed by atoms with Gasteiger partial charge in [0.1, 0.15) is 0 Å². The van der Waals surface area contributed by atoms with Crippen molar-refractivity contribution in [3.05, 3.63) is 12.2 Å². The number of carbonyl (C=O) groups is 2. The van der Waals surface area contributed by atoms with Crippen molar-refractivity contribution < 1.29 is 19.1 Å². The fourth-order valence-corrected chi connectivity index (χ4v) is 1.49. The summed E-state index contributed by atoms with van der Waals surface area (Å²) in [5.41, 5.74) is 0. The minimum Gasteiger partial charge on any atom is -0.463 e. The zero-order valence-electron chi connectivity index (χ0n) is 12.6. The highest BCUT2D eigenvalue weighted by Gasteiger charge is 2.29. The Morgan fingerprint density at radius 1 is 1.05 bits per heavy atom. The molecule has 0 aromatic heterocycles. The Morgan fingerprint density at radius 3 is 2.16 bits per heavy atom. The molecule has 0 amide bonds. The third kappa shape index (κ3) is 6.99. The summed E-state index contributed by atoms with van der Waals surface area (Å²) in [6, 6.07) is 0. The van der Waals surface area contributed by atoms with Crippen molar-refractivity contribution >= 4 is 11.9 Å². The van der Waals surface area contributed by atoms with Gasteiger partial charge >= 0.3 is 11.9 Å². The second-order valence-corrected chi connectivity index (χ2v) is 4.87. The van der Waals surface area contributed by atoms with E-state index in [0.29, 0.717) is 6.42 Å². The summed E-state index contributed by atoms with van der Waals surface area (Å²) in [6.07, 6.45) is 4.72. The lowest BCUT2D eigenvalue weighted by Gasteiger charge is -2.21. The maximum atomic E-state index is 11.9. The first kappa shape index (κ1) is 17.7. The lowest BCUT2D eigenvalue weighted by molar-refractivity contribution is -0.173. The summed E-state index contributed by atoms with van der Waals surface area (Å²) in [4.78, 5) is 23.6. The minimum atomic E-state index is -0.815. The third-order valence-corrected chi connectivity index (χ3v) is 2.66. The molecule has 0 heterocycles. The topological polar surface area (TPSA) is 52.6 Å². The molecule has 0 saturated carbocycles. The molecule has 0 bridgehead atoms. The van der Waals surface area contributed by atoms with E-state index in [-0.39, 0.29) is 24.4 Å². The Morgan fingerprint density at radius 2 is 1.68 bits per heavy atom. The SMILES string of the molecule is CC/C=C\CC(C)C(=O)OC(C(=O)OCC)C(C)C. The maximum Gasteiger partial charge on any atom is 0.347 e. The molecule has 0 aliphatic carbocycles. The van der Waals surface area contributed by atoms with Crippen molar-refractivity contribution in [3.8, 4) is 0 Å². The highest BCUT2D eigenvalue weighted by Crippen LogP contribution is 2.14. The summed E-state index contributed by atoms with van der Waals surface area (Å²) >= 11 is 0. The first-order valence-electron chi connectivity index (χ1n) is 6.96. The Balaban J connectivity index is 4.46. The van der Waals surface area contributed by atoms with Crippen LogP contribution >= 0.6 is 0 Å². The molecule has 110 valence electrons. The van der Waals surface area contributed by atoms with Crippen molar-refractivity contribution in [1.29, 1.82) is 0 Å². The van der Waals surface area contributed by atoms with Gasteiger partial charge in [-0.15, -0.1) is 0 Å². The van der Waals surface area contributed by atoms with Crippen LogP contribution in [0.5, 0.6) is 0 Å². The van der Waals surface area contributed by atoms with E-state index in [0.717, 1.165) is 6.42 Å². The van der Waals surface area contributed by atoms with Gasteiger partial charge in [-0.05, 0) is 19.8 Å². The predicted octanol–water partition coefficient (Wildman–Crippen LogP) is 3.11. The van der Waals surface area contributed by atoms with Crippen LogP contribution < -0.4 is 0 Å². The Labute approximate surface area is 116 Å². The van der Waals surface area contributed by atoms with Gasteiger partial charge in [0.05, 0.1) is 12.5 Å². The third-order valence-electron chi connectivity index (χ3n) is 2.66. The maximum absolute atomic E-state index is 11.9. The lowest BCUT2D eigenvalue weighted by Crippen LogP contribution is -2.35. The van der Waals surface area contributed by atoms with Crippen molar-refractivity contribution in [2.24, 2.45) is 11.8 Å². The summed E-state index contributed by atoms with van der Waals surface area (Å²) in [7, 11) is 0. The molecule has 0 aliphatic rings. The van der Waals surface area contributed by atoms with E-state index in [1.165, 1.54) is 0 Å². The normalized spacial score (nSPS) is 14.4. The van der Waals surface area contributed by atoms with Crippen LogP contribution in [0.15, 0.2) is 12.2 Å². The van der Waals surface area contributed by atoms with Crippen LogP contribution in [0.25, 0.3) is 0 Å². The highest BCUT2D eigenvalue weighted by molar-refractivity contribution is 5.80. The summed E-state index contributed by atoms with van der Waals surface area (Å²) in [5, 5.41) is 0. The van der Waals surface area contributed by atoms with Crippen LogP contribution in [-0.2, 0) is 19.1 Å². The molecule has 19 heavy (non-hydrogen) atoms. The fraction of sp³-hybridized carbons (Fsp3) is 0.733. The molecule has 0 N–H and O–H groups in total. The molecule has 0 saturated heterocycles. The van der Waals surface area contributed by atoms with Crippen LogP contribution in [0.1, 0.15) is 47.5 Å². The van der Waals surface area contributed by atoms with Gasteiger partial charge in [0, 0.05) is 5.92 Å². The van der Waals surface area contributed by atoms with Gasteiger partial charge in [0.15, 0.2) is 0 Å². The van der Waals surface area contributed by atoms with Crippen LogP contribution in [0, 0.1) is 11.8 Å². The van der Waals surface area contributed by atoms with Gasteiger partial charge in [-0.1, -0.05) is 39.8 Å². The van der Waals surface area contributed by atoms with E-state index in [9.17, 15) is 9.59 Å².